The van der Waals surface area contributed by atoms with E-state index >= 15 is 0 Å². The summed E-state index contributed by atoms with van der Waals surface area (Å²) in [7, 11) is 1.67. The summed E-state index contributed by atoms with van der Waals surface area (Å²) in [5.41, 5.74) is 11.2. The van der Waals surface area contributed by atoms with Gasteiger partial charge in [0.05, 0.1) is 5.69 Å². The minimum Gasteiger partial charge on any atom is -0.382 e. The van der Waals surface area contributed by atoms with Crippen molar-refractivity contribution in [1.82, 2.24) is 29.6 Å². The molecular formula is C22H25N7O. The van der Waals surface area contributed by atoms with Crippen LogP contribution in [0.2, 0.25) is 0 Å². The number of nitrogen functional groups attached to an aromatic ring is 1. The molecule has 4 N–H and O–H groups in total. The van der Waals surface area contributed by atoms with E-state index in [-0.39, 0.29) is 11.9 Å². The van der Waals surface area contributed by atoms with Crippen molar-refractivity contribution in [2.45, 2.75) is 25.7 Å². The smallest absolute Gasteiger partial charge is 0.317 e. The molecule has 3 aromatic heterocycles. The van der Waals surface area contributed by atoms with Crippen LogP contribution in [0.15, 0.2) is 36.7 Å². The number of carbonyl (C=O) groups excluding carboxylic acids is 1. The van der Waals surface area contributed by atoms with E-state index in [0.29, 0.717) is 18.9 Å². The first-order valence-electron chi connectivity index (χ1n) is 10.2. The van der Waals surface area contributed by atoms with Gasteiger partial charge in [-0.15, -0.1) is 0 Å². The summed E-state index contributed by atoms with van der Waals surface area (Å²) >= 11 is 0. The fraction of sp³-hybridized carbons (Fsp3) is 0.318. The maximum atomic E-state index is 11.9. The minimum absolute atomic E-state index is 0.0241. The van der Waals surface area contributed by atoms with Crippen LogP contribution in [0.4, 0.5) is 10.6 Å². The first kappa shape index (κ1) is 18.5. The molecule has 1 fully saturated rings. The van der Waals surface area contributed by atoms with Gasteiger partial charge in [-0.2, -0.15) is 0 Å². The van der Waals surface area contributed by atoms with Crippen molar-refractivity contribution in [3.05, 3.63) is 48.0 Å². The second-order valence-electron chi connectivity index (χ2n) is 7.89. The average Bonchev–Trinajstić information content (AvgIpc) is 3.37. The lowest BCUT2D eigenvalue weighted by molar-refractivity contribution is 0.182. The molecule has 1 aliphatic heterocycles. The monoisotopic (exact) mass is 403 g/mol. The average molecular weight is 403 g/mol. The van der Waals surface area contributed by atoms with Crippen LogP contribution in [0.25, 0.3) is 27.8 Å². The number of amides is 2. The van der Waals surface area contributed by atoms with Gasteiger partial charge in [0.25, 0.3) is 0 Å². The lowest BCUT2D eigenvalue weighted by Crippen LogP contribution is -2.42. The second-order valence-corrected chi connectivity index (χ2v) is 7.89. The van der Waals surface area contributed by atoms with Gasteiger partial charge in [0, 0.05) is 49.4 Å². The number of hydrogen-bond acceptors (Lipinski definition) is 4. The van der Waals surface area contributed by atoms with Crippen LogP contribution in [0, 0.1) is 6.92 Å². The summed E-state index contributed by atoms with van der Waals surface area (Å²) < 4.78 is 2.07. The van der Waals surface area contributed by atoms with E-state index in [2.05, 4.69) is 50.9 Å². The SMILES string of the molecule is CNC(=O)N1CCC(c2nc(-c3cc4cccc(C)c4[nH]3)c3c(N)nccn23)CC1. The number of nitrogens with one attached hydrogen (secondary N) is 2. The van der Waals surface area contributed by atoms with E-state index in [0.717, 1.165) is 46.5 Å². The Morgan fingerprint density at radius 3 is 2.83 bits per heavy atom. The maximum Gasteiger partial charge on any atom is 0.317 e. The minimum atomic E-state index is -0.0241. The fourth-order valence-corrected chi connectivity index (χ4v) is 4.50. The summed E-state index contributed by atoms with van der Waals surface area (Å²) in [6.07, 6.45) is 5.36. The number of likely N-dealkylation sites (tertiary alicyclic amines) is 1. The van der Waals surface area contributed by atoms with Crippen LogP contribution < -0.4 is 11.1 Å². The molecule has 0 unspecified atom stereocenters. The Kier molecular flexibility index (Phi) is 4.34. The third kappa shape index (κ3) is 2.87. The Bertz CT molecular complexity index is 1250. The van der Waals surface area contributed by atoms with Crippen molar-refractivity contribution >= 4 is 28.3 Å². The molecule has 0 saturated carbocycles. The zero-order valence-electron chi connectivity index (χ0n) is 17.1. The van der Waals surface area contributed by atoms with Crippen molar-refractivity contribution in [2.24, 2.45) is 0 Å². The van der Waals surface area contributed by atoms with Crippen LogP contribution >= 0.6 is 0 Å². The number of benzene rings is 1. The topological polar surface area (TPSA) is 104 Å². The molecule has 0 bridgehead atoms. The number of nitrogens with two attached hydrogens (primary N) is 1. The molecule has 5 rings (SSSR count). The largest absolute Gasteiger partial charge is 0.382 e. The molecule has 8 heteroatoms. The number of aromatic amines is 1. The Balaban J connectivity index is 1.59. The summed E-state index contributed by atoms with van der Waals surface area (Å²) in [5, 5.41) is 3.85. The van der Waals surface area contributed by atoms with Crippen molar-refractivity contribution in [1.29, 1.82) is 0 Å². The number of imidazole rings is 1. The van der Waals surface area contributed by atoms with E-state index in [1.807, 2.05) is 11.1 Å². The number of fused-ring (bicyclic) bond motifs is 2. The van der Waals surface area contributed by atoms with Crippen LogP contribution in [0.3, 0.4) is 0 Å². The Labute approximate surface area is 174 Å². The van der Waals surface area contributed by atoms with Gasteiger partial charge in [-0.3, -0.25) is 4.40 Å². The number of carbonyl (C=O) groups is 1. The number of para-hydroxylation sites is 1. The molecule has 1 saturated heterocycles. The molecule has 0 spiro atoms. The number of nitrogens with zero attached hydrogens (tertiary/aromatic N) is 4. The predicted octanol–water partition coefficient (Wildman–Crippen LogP) is 3.29. The van der Waals surface area contributed by atoms with Crippen LogP contribution in [0.1, 0.15) is 30.1 Å². The fourth-order valence-electron chi connectivity index (χ4n) is 4.50. The van der Waals surface area contributed by atoms with Gasteiger partial charge >= 0.3 is 6.03 Å². The highest BCUT2D eigenvalue weighted by molar-refractivity contribution is 5.92. The normalized spacial score (nSPS) is 15.2. The van der Waals surface area contributed by atoms with E-state index in [4.69, 9.17) is 10.7 Å². The van der Waals surface area contributed by atoms with Crippen molar-refractivity contribution in [3.63, 3.8) is 0 Å². The molecule has 1 aliphatic rings. The van der Waals surface area contributed by atoms with Crippen molar-refractivity contribution < 1.29 is 4.79 Å². The van der Waals surface area contributed by atoms with Crippen molar-refractivity contribution in [3.8, 4) is 11.4 Å². The third-order valence-corrected chi connectivity index (χ3v) is 6.09. The lowest BCUT2D eigenvalue weighted by atomic mass is 9.96. The summed E-state index contributed by atoms with van der Waals surface area (Å²) in [6.45, 7) is 3.51. The van der Waals surface area contributed by atoms with Crippen molar-refractivity contribution in [2.75, 3.05) is 25.9 Å². The molecule has 4 aromatic rings. The summed E-state index contributed by atoms with van der Waals surface area (Å²) in [5.74, 6) is 1.69. The zero-order chi connectivity index (χ0) is 20.8. The van der Waals surface area contributed by atoms with E-state index in [1.165, 1.54) is 5.56 Å². The maximum absolute atomic E-state index is 11.9. The number of hydrogen-bond donors (Lipinski definition) is 3. The molecule has 0 radical (unpaired) electrons. The molecular weight excluding hydrogens is 378 g/mol. The number of rotatable bonds is 2. The molecule has 30 heavy (non-hydrogen) atoms. The molecule has 154 valence electrons. The van der Waals surface area contributed by atoms with Gasteiger partial charge in [0.15, 0.2) is 0 Å². The molecule has 0 aliphatic carbocycles. The van der Waals surface area contributed by atoms with Gasteiger partial charge in [-0.1, -0.05) is 18.2 Å². The number of H-pyrrole nitrogens is 1. The number of aromatic nitrogens is 4. The second kappa shape index (κ2) is 7.05. The van der Waals surface area contributed by atoms with Crippen LogP contribution in [0.5, 0.6) is 0 Å². The number of aryl methyl sites for hydroxylation is 1. The van der Waals surface area contributed by atoms with Gasteiger partial charge in [-0.05, 0) is 31.4 Å². The zero-order valence-corrected chi connectivity index (χ0v) is 17.1. The molecule has 0 atom stereocenters. The molecule has 2 amide bonds. The highest BCUT2D eigenvalue weighted by Crippen LogP contribution is 2.35. The molecule has 4 heterocycles. The molecule has 1 aromatic carbocycles. The standard InChI is InChI=1S/C22H25N7O/c1-13-4-3-5-15-12-16(26-17(13)15)18-19-20(23)25-8-11-29(19)21(27-18)14-6-9-28(10-7-14)22(30)24-2/h3-5,8,11-12,14,26H,6-7,9-10H2,1-2H3,(H2,23,25)(H,24,30). The first-order valence-corrected chi connectivity index (χ1v) is 10.2. The van der Waals surface area contributed by atoms with Crippen LogP contribution in [-0.2, 0) is 0 Å². The predicted molar refractivity (Wildman–Crippen MR) is 117 cm³/mol. The van der Waals surface area contributed by atoms with Crippen LogP contribution in [-0.4, -0.2) is 50.4 Å². The van der Waals surface area contributed by atoms with Gasteiger partial charge in [0.2, 0.25) is 0 Å². The Hall–Kier alpha value is -3.55. The highest BCUT2D eigenvalue weighted by Gasteiger charge is 2.28. The lowest BCUT2D eigenvalue weighted by Gasteiger charge is -2.31. The van der Waals surface area contributed by atoms with E-state index in [1.54, 1.807) is 13.2 Å². The highest BCUT2D eigenvalue weighted by atomic mass is 16.2. The number of urea groups is 1. The Morgan fingerprint density at radius 2 is 2.10 bits per heavy atom. The molecule has 8 nitrogen and oxygen atoms in total. The number of piperidine rings is 1. The van der Waals surface area contributed by atoms with E-state index < -0.39 is 0 Å². The Morgan fingerprint density at radius 1 is 1.30 bits per heavy atom. The number of anilines is 1. The van der Waals surface area contributed by atoms with Gasteiger partial charge in [-0.25, -0.2) is 14.8 Å². The van der Waals surface area contributed by atoms with E-state index in [9.17, 15) is 4.79 Å². The van der Waals surface area contributed by atoms with Gasteiger partial charge < -0.3 is 20.9 Å². The summed E-state index contributed by atoms with van der Waals surface area (Å²) in [6, 6.07) is 8.34. The van der Waals surface area contributed by atoms with Gasteiger partial charge in [0.1, 0.15) is 22.9 Å². The summed E-state index contributed by atoms with van der Waals surface area (Å²) in [4.78, 5) is 26.7. The third-order valence-electron chi connectivity index (χ3n) is 6.09. The first-order chi connectivity index (χ1) is 14.6. The quantitative estimate of drug-likeness (QED) is 0.478.